The summed E-state index contributed by atoms with van der Waals surface area (Å²) < 4.78 is 2.52. The Morgan fingerprint density at radius 2 is 1.88 bits per heavy atom. The van der Waals surface area contributed by atoms with Crippen LogP contribution in [0.5, 0.6) is 0 Å². The van der Waals surface area contributed by atoms with E-state index in [0.717, 1.165) is 27.1 Å². The molecule has 122 valence electrons. The molecular weight excluding hydrogens is 390 g/mol. The van der Waals surface area contributed by atoms with Gasteiger partial charge in [-0.2, -0.15) is 0 Å². The van der Waals surface area contributed by atoms with E-state index in [9.17, 15) is 4.79 Å². The molecule has 6 heteroatoms. The third-order valence-electron chi connectivity index (χ3n) is 3.69. The number of benzene rings is 2. The van der Waals surface area contributed by atoms with Gasteiger partial charge in [-0.1, -0.05) is 27.5 Å². The van der Waals surface area contributed by atoms with Crippen molar-refractivity contribution in [1.82, 2.24) is 9.78 Å². The van der Waals surface area contributed by atoms with Crippen LogP contribution in [0.4, 0.5) is 5.69 Å². The second-order valence-electron chi connectivity index (χ2n) is 5.46. The summed E-state index contributed by atoms with van der Waals surface area (Å²) in [4.78, 5) is 17.1. The number of rotatable bonds is 3. The third-order valence-corrected chi connectivity index (χ3v) is 4.43. The predicted molar refractivity (Wildman–Crippen MR) is 102 cm³/mol. The molecule has 0 unspecified atom stereocenters. The van der Waals surface area contributed by atoms with Crippen LogP contribution in [0.3, 0.4) is 0 Å². The van der Waals surface area contributed by atoms with Gasteiger partial charge in [0.25, 0.3) is 5.56 Å². The van der Waals surface area contributed by atoms with Crippen molar-refractivity contribution in [2.24, 2.45) is 4.99 Å². The molecule has 0 bridgehead atoms. The highest BCUT2D eigenvalue weighted by Gasteiger charge is 2.12. The fourth-order valence-corrected chi connectivity index (χ4v) is 3.02. The van der Waals surface area contributed by atoms with Crippen LogP contribution >= 0.6 is 27.5 Å². The van der Waals surface area contributed by atoms with Gasteiger partial charge >= 0.3 is 0 Å². The summed E-state index contributed by atoms with van der Waals surface area (Å²) in [5.74, 6) is 0. The molecule has 4 nitrogen and oxygen atoms in total. The number of aliphatic imine (C=N–C) groups is 1. The lowest BCUT2D eigenvalue weighted by Gasteiger charge is -2.06. The lowest BCUT2D eigenvalue weighted by molar-refractivity contribution is 0.828. The number of aromatic amines is 1. The molecule has 3 aromatic rings. The molecule has 1 N–H and O–H groups in total. The summed E-state index contributed by atoms with van der Waals surface area (Å²) >= 11 is 9.30. The van der Waals surface area contributed by atoms with E-state index in [4.69, 9.17) is 11.6 Å². The van der Waals surface area contributed by atoms with E-state index in [0.29, 0.717) is 10.6 Å². The van der Waals surface area contributed by atoms with Crippen LogP contribution in [0.25, 0.3) is 5.69 Å². The number of aryl methyl sites for hydroxylation is 2. The van der Waals surface area contributed by atoms with Gasteiger partial charge in [0.15, 0.2) is 0 Å². The summed E-state index contributed by atoms with van der Waals surface area (Å²) in [5, 5.41) is 3.76. The summed E-state index contributed by atoms with van der Waals surface area (Å²) in [6.07, 6.45) is 1.59. The van der Waals surface area contributed by atoms with E-state index in [-0.39, 0.29) is 5.56 Å². The molecule has 0 radical (unpaired) electrons. The maximum absolute atomic E-state index is 12.7. The van der Waals surface area contributed by atoms with Gasteiger partial charge in [-0.15, -0.1) is 0 Å². The van der Waals surface area contributed by atoms with Crippen molar-refractivity contribution in [3.8, 4) is 5.69 Å². The number of H-pyrrole nitrogens is 1. The zero-order chi connectivity index (χ0) is 17.3. The first-order chi connectivity index (χ1) is 11.5. The normalized spacial score (nSPS) is 11.3. The zero-order valence-electron chi connectivity index (χ0n) is 13.2. The smallest absolute Gasteiger partial charge is 0.280 e. The van der Waals surface area contributed by atoms with Crippen molar-refractivity contribution < 1.29 is 0 Å². The molecule has 0 spiro atoms. The van der Waals surface area contributed by atoms with Crippen molar-refractivity contribution in [3.05, 3.63) is 79.1 Å². The second kappa shape index (κ2) is 6.79. The maximum atomic E-state index is 12.7. The Balaban J connectivity index is 2.00. The molecule has 0 amide bonds. The fraction of sp³-hybridized carbons (Fsp3) is 0.111. The van der Waals surface area contributed by atoms with Gasteiger partial charge in [0.2, 0.25) is 0 Å². The molecule has 0 aliphatic carbocycles. The summed E-state index contributed by atoms with van der Waals surface area (Å²) in [6.45, 7) is 3.82. The quantitative estimate of drug-likeness (QED) is 0.617. The zero-order valence-corrected chi connectivity index (χ0v) is 15.5. The Bertz CT molecular complexity index is 971. The second-order valence-corrected chi connectivity index (χ2v) is 6.81. The van der Waals surface area contributed by atoms with E-state index < -0.39 is 0 Å². The average Bonchev–Trinajstić information content (AvgIpc) is 2.82. The van der Waals surface area contributed by atoms with Gasteiger partial charge in [0.1, 0.15) is 0 Å². The van der Waals surface area contributed by atoms with E-state index in [1.54, 1.807) is 35.2 Å². The average molecular weight is 405 g/mol. The van der Waals surface area contributed by atoms with E-state index in [1.807, 2.05) is 32.0 Å². The van der Waals surface area contributed by atoms with E-state index in [2.05, 4.69) is 26.0 Å². The highest BCUT2D eigenvalue weighted by atomic mass is 79.9. The molecule has 1 aromatic heterocycles. The van der Waals surface area contributed by atoms with Gasteiger partial charge in [0.05, 0.1) is 16.9 Å². The summed E-state index contributed by atoms with van der Waals surface area (Å²) in [5.41, 5.74) is 3.72. The van der Waals surface area contributed by atoms with Crippen LogP contribution in [0.1, 0.15) is 16.8 Å². The van der Waals surface area contributed by atoms with Gasteiger partial charge in [0, 0.05) is 21.4 Å². The van der Waals surface area contributed by atoms with Crippen LogP contribution in [0, 0.1) is 13.8 Å². The predicted octanol–water partition coefficient (Wildman–Crippen LogP) is 4.95. The Morgan fingerprint density at radius 1 is 1.17 bits per heavy atom. The van der Waals surface area contributed by atoms with Crippen molar-refractivity contribution >= 4 is 39.4 Å². The van der Waals surface area contributed by atoms with Crippen molar-refractivity contribution in [2.75, 3.05) is 0 Å². The number of nitrogens with one attached hydrogen (secondary N) is 1. The minimum absolute atomic E-state index is 0.129. The van der Waals surface area contributed by atoms with Crippen LogP contribution in [0.2, 0.25) is 5.02 Å². The van der Waals surface area contributed by atoms with Crippen LogP contribution in [0.15, 0.2) is 56.7 Å². The molecule has 0 aliphatic heterocycles. The van der Waals surface area contributed by atoms with Gasteiger partial charge < -0.3 is 0 Å². The first-order valence-corrected chi connectivity index (χ1v) is 8.50. The Hall–Kier alpha value is -2.11. The van der Waals surface area contributed by atoms with E-state index >= 15 is 0 Å². The number of halogens is 2. The molecule has 24 heavy (non-hydrogen) atoms. The lowest BCUT2D eigenvalue weighted by Crippen LogP contribution is -2.18. The minimum atomic E-state index is -0.129. The number of hydrogen-bond donors (Lipinski definition) is 1. The van der Waals surface area contributed by atoms with Crippen molar-refractivity contribution in [1.29, 1.82) is 0 Å². The standard InChI is InChI=1S/C18H15BrClN3O/c1-11-9-13(19)3-8-17(11)23-18(24)16(12(2)22-23)10-21-15-6-4-14(20)5-7-15/h3-10,22H,1-2H3. The summed E-state index contributed by atoms with van der Waals surface area (Å²) in [6, 6.07) is 12.9. The molecule has 0 saturated carbocycles. The number of hydrogen-bond acceptors (Lipinski definition) is 2. The summed E-state index contributed by atoms with van der Waals surface area (Å²) in [7, 11) is 0. The molecule has 0 aliphatic rings. The maximum Gasteiger partial charge on any atom is 0.280 e. The monoisotopic (exact) mass is 403 g/mol. The highest BCUT2D eigenvalue weighted by Crippen LogP contribution is 2.19. The third kappa shape index (κ3) is 3.37. The van der Waals surface area contributed by atoms with Crippen molar-refractivity contribution in [2.45, 2.75) is 13.8 Å². The molecular formula is C18H15BrClN3O. The van der Waals surface area contributed by atoms with Gasteiger partial charge in [-0.05, 0) is 61.9 Å². The van der Waals surface area contributed by atoms with Gasteiger partial charge in [-0.25, -0.2) is 4.68 Å². The molecule has 3 rings (SSSR count). The van der Waals surface area contributed by atoms with Crippen LogP contribution < -0.4 is 5.56 Å². The first-order valence-electron chi connectivity index (χ1n) is 7.33. The topological polar surface area (TPSA) is 50.1 Å². The Morgan fingerprint density at radius 3 is 2.54 bits per heavy atom. The van der Waals surface area contributed by atoms with Crippen LogP contribution in [-0.2, 0) is 0 Å². The van der Waals surface area contributed by atoms with Crippen LogP contribution in [-0.4, -0.2) is 16.0 Å². The molecule has 0 fully saturated rings. The highest BCUT2D eigenvalue weighted by molar-refractivity contribution is 9.10. The number of aromatic nitrogens is 2. The van der Waals surface area contributed by atoms with E-state index in [1.165, 1.54) is 0 Å². The lowest BCUT2D eigenvalue weighted by atomic mass is 10.2. The first kappa shape index (κ1) is 16.7. The molecule has 0 atom stereocenters. The molecule has 2 aromatic carbocycles. The SMILES string of the molecule is Cc1cc(Br)ccc1-n1[nH]c(C)c(C=Nc2ccc(Cl)cc2)c1=O. The molecule has 0 saturated heterocycles. The minimum Gasteiger partial charge on any atom is -0.295 e. The largest absolute Gasteiger partial charge is 0.295 e. The fourth-order valence-electron chi connectivity index (χ4n) is 2.42. The van der Waals surface area contributed by atoms with Crippen molar-refractivity contribution in [3.63, 3.8) is 0 Å². The molecule has 1 heterocycles. The Labute approximate surface area is 152 Å². The Kier molecular flexibility index (Phi) is 4.73. The van der Waals surface area contributed by atoms with Gasteiger partial charge in [-0.3, -0.25) is 14.9 Å². The number of nitrogens with zero attached hydrogens (tertiary/aromatic N) is 2.